The molecule has 2 aromatic carbocycles. The number of nitrogens with zero attached hydrogens (tertiary/aromatic N) is 2. The highest BCUT2D eigenvalue weighted by atomic mass is 19.4. The predicted molar refractivity (Wildman–Crippen MR) is 136 cm³/mol. The summed E-state index contributed by atoms with van der Waals surface area (Å²) >= 11 is 0. The lowest BCUT2D eigenvalue weighted by Crippen LogP contribution is -2.57. The molecule has 39 heavy (non-hydrogen) atoms. The van der Waals surface area contributed by atoms with Gasteiger partial charge in [-0.15, -0.1) is 0 Å². The lowest BCUT2D eigenvalue weighted by Gasteiger charge is -2.44. The third-order valence-corrected chi connectivity index (χ3v) is 7.21. The molecule has 2 N–H and O–H groups in total. The van der Waals surface area contributed by atoms with Gasteiger partial charge in [0, 0.05) is 31.3 Å². The molecule has 0 radical (unpaired) electrons. The summed E-state index contributed by atoms with van der Waals surface area (Å²) in [5.41, 5.74) is -0.509. The highest BCUT2D eigenvalue weighted by Crippen LogP contribution is 2.41. The van der Waals surface area contributed by atoms with Gasteiger partial charge >= 0.3 is 12.1 Å². The van der Waals surface area contributed by atoms with Crippen LogP contribution < -0.4 is 5.32 Å². The van der Waals surface area contributed by atoms with Crippen LogP contribution in [0, 0.1) is 0 Å². The van der Waals surface area contributed by atoms with Gasteiger partial charge in [-0.2, -0.15) is 13.2 Å². The summed E-state index contributed by atoms with van der Waals surface area (Å²) in [5.74, 6) is -1.83. The van der Waals surface area contributed by atoms with Gasteiger partial charge in [0.15, 0.2) is 5.66 Å². The molecule has 1 spiro atoms. The molecular weight excluding hydrogens is 515 g/mol. The summed E-state index contributed by atoms with van der Waals surface area (Å²) < 4.78 is 45.9. The normalized spacial score (nSPS) is 21.2. The van der Waals surface area contributed by atoms with E-state index >= 15 is 0 Å². The summed E-state index contributed by atoms with van der Waals surface area (Å²) in [7, 11) is 1.55. The van der Waals surface area contributed by atoms with Crippen molar-refractivity contribution in [3.63, 3.8) is 0 Å². The Balaban J connectivity index is 1.55. The number of carboxylic acids is 1. The molecule has 2 atom stereocenters. The Morgan fingerprint density at radius 1 is 1.18 bits per heavy atom. The number of halogens is 3. The summed E-state index contributed by atoms with van der Waals surface area (Å²) in [6.07, 6.45) is -1.79. The standard InChI is InChI=1S/C28H30F3N3O5/c1-39-22-7-2-3-14-27(22)33-24(20-5-4-6-21(17-20)28(29,30)31)26(38)34(27)16-13-18-8-10-19(11-9-18)25(37)32-15-12-23(35)36/h4-6,8-11,17,22H,2-3,7,12-16H2,1H3,(H,32,37)(H,35,36). The van der Waals surface area contributed by atoms with E-state index in [1.54, 1.807) is 36.3 Å². The van der Waals surface area contributed by atoms with E-state index in [1.165, 1.54) is 12.1 Å². The highest BCUT2D eigenvalue weighted by Gasteiger charge is 2.53. The van der Waals surface area contributed by atoms with Crippen molar-refractivity contribution in [2.45, 2.75) is 56.5 Å². The van der Waals surface area contributed by atoms with Gasteiger partial charge in [-0.1, -0.05) is 30.7 Å². The second kappa shape index (κ2) is 11.6. The number of rotatable bonds is 9. The van der Waals surface area contributed by atoms with Crippen LogP contribution in [0.1, 0.15) is 59.2 Å². The second-order valence-corrected chi connectivity index (χ2v) is 9.69. The van der Waals surface area contributed by atoms with Crippen molar-refractivity contribution in [3.05, 3.63) is 70.8 Å². The van der Waals surface area contributed by atoms with Crippen LogP contribution in [0.3, 0.4) is 0 Å². The monoisotopic (exact) mass is 545 g/mol. The zero-order chi connectivity index (χ0) is 28.2. The van der Waals surface area contributed by atoms with Crippen LogP contribution in [0.5, 0.6) is 0 Å². The first kappa shape index (κ1) is 28.3. The maximum Gasteiger partial charge on any atom is 0.416 e. The van der Waals surface area contributed by atoms with E-state index in [-0.39, 0.29) is 36.7 Å². The molecule has 0 bridgehead atoms. The van der Waals surface area contributed by atoms with E-state index < -0.39 is 35.4 Å². The first-order valence-electron chi connectivity index (χ1n) is 12.8. The number of hydrogen-bond donors (Lipinski definition) is 2. The third kappa shape index (κ3) is 6.13. The van der Waals surface area contributed by atoms with E-state index in [0.717, 1.165) is 30.5 Å². The molecule has 2 aromatic rings. The highest BCUT2D eigenvalue weighted by molar-refractivity contribution is 6.46. The topological polar surface area (TPSA) is 108 Å². The molecule has 208 valence electrons. The number of methoxy groups -OCH3 is 1. The Morgan fingerprint density at radius 3 is 2.59 bits per heavy atom. The number of carbonyl (C=O) groups is 3. The van der Waals surface area contributed by atoms with Crippen molar-refractivity contribution in [1.82, 2.24) is 10.2 Å². The smallest absolute Gasteiger partial charge is 0.416 e. The zero-order valence-corrected chi connectivity index (χ0v) is 21.5. The van der Waals surface area contributed by atoms with E-state index in [1.807, 2.05) is 0 Å². The van der Waals surface area contributed by atoms with Crippen LogP contribution in [0.2, 0.25) is 0 Å². The fraction of sp³-hybridized carbons (Fsp3) is 0.429. The number of nitrogens with one attached hydrogen (secondary N) is 1. The molecule has 0 saturated heterocycles. The SMILES string of the molecule is COC1CCCCC12N=C(c1cccc(C(F)(F)F)c1)C(=O)N2CCc1ccc(C(=O)NCCC(=O)O)cc1. The fourth-order valence-electron chi connectivity index (χ4n) is 5.23. The van der Waals surface area contributed by atoms with Gasteiger partial charge < -0.3 is 20.1 Å². The molecule has 2 unspecified atom stereocenters. The Morgan fingerprint density at radius 2 is 1.92 bits per heavy atom. The minimum atomic E-state index is -4.55. The number of hydrogen-bond acceptors (Lipinski definition) is 5. The minimum absolute atomic E-state index is 0.00145. The fourth-order valence-corrected chi connectivity index (χ4v) is 5.23. The molecule has 1 fully saturated rings. The quantitative estimate of drug-likeness (QED) is 0.494. The lowest BCUT2D eigenvalue weighted by atomic mass is 9.85. The Kier molecular flexibility index (Phi) is 8.39. The number of carbonyl (C=O) groups excluding carboxylic acids is 2. The first-order valence-corrected chi connectivity index (χ1v) is 12.8. The number of amides is 2. The molecule has 1 heterocycles. The van der Waals surface area contributed by atoms with Gasteiger partial charge in [-0.25, -0.2) is 4.99 Å². The molecule has 11 heteroatoms. The van der Waals surface area contributed by atoms with Crippen LogP contribution in [-0.2, 0) is 26.9 Å². The molecular formula is C28H30F3N3O5. The van der Waals surface area contributed by atoms with Gasteiger partial charge in [0.05, 0.1) is 12.0 Å². The van der Waals surface area contributed by atoms with Gasteiger partial charge in [0.1, 0.15) is 11.8 Å². The molecule has 1 saturated carbocycles. The van der Waals surface area contributed by atoms with Crippen LogP contribution >= 0.6 is 0 Å². The van der Waals surface area contributed by atoms with Crippen LogP contribution in [0.15, 0.2) is 53.5 Å². The molecule has 0 aromatic heterocycles. The van der Waals surface area contributed by atoms with E-state index in [4.69, 9.17) is 14.8 Å². The van der Waals surface area contributed by atoms with Gasteiger partial charge in [-0.05, 0) is 55.5 Å². The largest absolute Gasteiger partial charge is 0.481 e. The first-order chi connectivity index (χ1) is 18.5. The second-order valence-electron chi connectivity index (χ2n) is 9.69. The number of carboxylic acid groups (broad SMARTS) is 1. The molecule has 1 aliphatic carbocycles. The predicted octanol–water partition coefficient (Wildman–Crippen LogP) is 4.07. The summed E-state index contributed by atoms with van der Waals surface area (Å²) in [5, 5.41) is 11.3. The average molecular weight is 546 g/mol. The summed E-state index contributed by atoms with van der Waals surface area (Å²) in [6, 6.07) is 11.4. The van der Waals surface area contributed by atoms with Crippen molar-refractivity contribution in [2.75, 3.05) is 20.2 Å². The minimum Gasteiger partial charge on any atom is -0.481 e. The number of ether oxygens (including phenoxy) is 1. The third-order valence-electron chi connectivity index (χ3n) is 7.21. The maximum atomic E-state index is 13.7. The van der Waals surface area contributed by atoms with Crippen molar-refractivity contribution < 1.29 is 37.4 Å². The average Bonchev–Trinajstić information content (AvgIpc) is 3.18. The van der Waals surface area contributed by atoms with E-state index in [0.29, 0.717) is 24.8 Å². The van der Waals surface area contributed by atoms with Gasteiger partial charge in [0.2, 0.25) is 0 Å². The van der Waals surface area contributed by atoms with Crippen molar-refractivity contribution in [3.8, 4) is 0 Å². The van der Waals surface area contributed by atoms with Gasteiger partial charge in [-0.3, -0.25) is 14.4 Å². The molecule has 4 rings (SSSR count). The number of aliphatic carboxylic acids is 1. The van der Waals surface area contributed by atoms with Crippen LogP contribution in [0.4, 0.5) is 13.2 Å². The molecule has 2 amide bonds. The van der Waals surface area contributed by atoms with Crippen molar-refractivity contribution in [2.24, 2.45) is 4.99 Å². The van der Waals surface area contributed by atoms with E-state index in [9.17, 15) is 27.6 Å². The zero-order valence-electron chi connectivity index (χ0n) is 21.5. The molecule has 1 aliphatic heterocycles. The lowest BCUT2D eigenvalue weighted by molar-refractivity contribution is -0.138. The summed E-state index contributed by atoms with van der Waals surface area (Å²) in [4.78, 5) is 42.9. The Labute approximate surface area is 223 Å². The summed E-state index contributed by atoms with van der Waals surface area (Å²) in [6.45, 7) is 0.277. The van der Waals surface area contributed by atoms with Crippen molar-refractivity contribution in [1.29, 1.82) is 0 Å². The Bertz CT molecular complexity index is 1260. The molecule has 8 nitrogen and oxygen atoms in total. The number of aliphatic imine (C=N–C) groups is 1. The maximum absolute atomic E-state index is 13.7. The number of alkyl halides is 3. The van der Waals surface area contributed by atoms with Gasteiger partial charge in [0.25, 0.3) is 11.8 Å². The molecule has 2 aliphatic rings. The van der Waals surface area contributed by atoms with E-state index in [2.05, 4.69) is 5.32 Å². The number of benzene rings is 2. The van der Waals surface area contributed by atoms with Crippen molar-refractivity contribution >= 4 is 23.5 Å². The van der Waals surface area contributed by atoms with Crippen LogP contribution in [0.25, 0.3) is 0 Å². The van der Waals surface area contributed by atoms with Crippen LogP contribution in [-0.4, -0.2) is 65.5 Å². The Hall–Kier alpha value is -3.73.